The van der Waals surface area contributed by atoms with Gasteiger partial charge in [0.15, 0.2) is 11.5 Å². The van der Waals surface area contributed by atoms with E-state index in [1.165, 1.54) is 6.07 Å². The van der Waals surface area contributed by atoms with E-state index >= 15 is 0 Å². The van der Waals surface area contributed by atoms with Crippen molar-refractivity contribution in [3.8, 4) is 17.2 Å². The van der Waals surface area contributed by atoms with Crippen molar-refractivity contribution in [3.63, 3.8) is 0 Å². The maximum Gasteiger partial charge on any atom is 0.169 e. The van der Waals surface area contributed by atoms with Crippen LogP contribution in [0.3, 0.4) is 0 Å². The van der Waals surface area contributed by atoms with Gasteiger partial charge in [0.25, 0.3) is 0 Å². The van der Waals surface area contributed by atoms with Gasteiger partial charge in [-0.2, -0.15) is 0 Å². The van der Waals surface area contributed by atoms with Crippen molar-refractivity contribution < 1.29 is 13.9 Å². The molecule has 0 aromatic heterocycles. The summed E-state index contributed by atoms with van der Waals surface area (Å²) in [6.07, 6.45) is 0. The summed E-state index contributed by atoms with van der Waals surface area (Å²) in [4.78, 5) is 0. The van der Waals surface area contributed by atoms with E-state index in [-0.39, 0.29) is 11.7 Å². The van der Waals surface area contributed by atoms with E-state index in [1.54, 1.807) is 25.3 Å². The molecule has 0 heterocycles. The zero-order chi connectivity index (χ0) is 13.8. The maximum atomic E-state index is 13.6. The first-order valence-electron chi connectivity index (χ1n) is 5.81. The first kappa shape index (κ1) is 13.7. The quantitative estimate of drug-likeness (QED) is 0.758. The Bertz CT molecular complexity index is 584. The van der Waals surface area contributed by atoms with Crippen LogP contribution >= 0.6 is 11.6 Å². The largest absolute Gasteiger partial charge is 0.493 e. The van der Waals surface area contributed by atoms with Crippen LogP contribution < -0.4 is 9.47 Å². The van der Waals surface area contributed by atoms with Crippen molar-refractivity contribution in [2.24, 2.45) is 0 Å². The van der Waals surface area contributed by atoms with E-state index in [2.05, 4.69) is 0 Å². The standard InChI is InChI=1S/C15H14ClFO2/c1-10-6-7-14(15(8-10)18-2)19-13-5-3-4-12(17)11(13)9-16/h3-8H,9H2,1-2H3. The molecule has 4 heteroatoms. The highest BCUT2D eigenvalue weighted by Crippen LogP contribution is 2.34. The number of rotatable bonds is 4. The van der Waals surface area contributed by atoms with Gasteiger partial charge in [0.1, 0.15) is 11.6 Å². The SMILES string of the molecule is COc1cc(C)ccc1Oc1cccc(F)c1CCl. The van der Waals surface area contributed by atoms with Gasteiger partial charge in [-0.15, -0.1) is 11.6 Å². The van der Waals surface area contributed by atoms with Gasteiger partial charge in [0.2, 0.25) is 0 Å². The van der Waals surface area contributed by atoms with Crippen LogP contribution in [-0.2, 0) is 5.88 Å². The lowest BCUT2D eigenvalue weighted by atomic mass is 10.2. The fourth-order valence-electron chi connectivity index (χ4n) is 1.74. The Hall–Kier alpha value is -1.74. The molecule has 0 radical (unpaired) electrons. The number of aryl methyl sites for hydroxylation is 1. The van der Waals surface area contributed by atoms with Gasteiger partial charge in [0, 0.05) is 5.56 Å². The maximum absolute atomic E-state index is 13.6. The molecular formula is C15H14ClFO2. The molecule has 0 N–H and O–H groups in total. The summed E-state index contributed by atoms with van der Waals surface area (Å²) in [7, 11) is 1.57. The number of hydrogen-bond donors (Lipinski definition) is 0. The molecule has 0 aliphatic rings. The molecule has 0 fully saturated rings. The van der Waals surface area contributed by atoms with Gasteiger partial charge in [0.05, 0.1) is 13.0 Å². The monoisotopic (exact) mass is 280 g/mol. The summed E-state index contributed by atoms with van der Waals surface area (Å²) in [5, 5.41) is 0. The van der Waals surface area contributed by atoms with E-state index < -0.39 is 0 Å². The molecular weight excluding hydrogens is 267 g/mol. The van der Waals surface area contributed by atoms with Crippen LogP contribution in [0.5, 0.6) is 17.2 Å². The number of methoxy groups -OCH3 is 1. The molecule has 0 aliphatic carbocycles. The molecule has 0 saturated heterocycles. The van der Waals surface area contributed by atoms with Crippen LogP contribution in [0.4, 0.5) is 4.39 Å². The van der Waals surface area contributed by atoms with E-state index in [0.29, 0.717) is 22.8 Å². The minimum Gasteiger partial charge on any atom is -0.493 e. The Labute approximate surface area is 116 Å². The molecule has 0 aliphatic heterocycles. The van der Waals surface area contributed by atoms with Gasteiger partial charge in [-0.05, 0) is 36.8 Å². The zero-order valence-corrected chi connectivity index (χ0v) is 11.5. The van der Waals surface area contributed by atoms with E-state index in [1.807, 2.05) is 19.1 Å². The van der Waals surface area contributed by atoms with Crippen LogP contribution in [0.1, 0.15) is 11.1 Å². The molecule has 2 rings (SSSR count). The predicted octanol–water partition coefficient (Wildman–Crippen LogP) is 4.67. The lowest BCUT2D eigenvalue weighted by Gasteiger charge is -2.13. The molecule has 100 valence electrons. The minimum absolute atomic E-state index is 0.0518. The average Bonchev–Trinajstić information content (AvgIpc) is 2.41. The molecule has 0 amide bonds. The molecule has 2 aromatic carbocycles. The average molecular weight is 281 g/mol. The second-order valence-corrected chi connectivity index (χ2v) is 4.37. The van der Waals surface area contributed by atoms with Crippen LogP contribution in [0.2, 0.25) is 0 Å². The number of ether oxygens (including phenoxy) is 2. The molecule has 0 spiro atoms. The van der Waals surface area contributed by atoms with Gasteiger partial charge >= 0.3 is 0 Å². The molecule has 19 heavy (non-hydrogen) atoms. The summed E-state index contributed by atoms with van der Waals surface area (Å²) in [6.45, 7) is 1.96. The first-order valence-corrected chi connectivity index (χ1v) is 6.35. The molecule has 0 atom stereocenters. The van der Waals surface area contributed by atoms with Crippen molar-refractivity contribution in [1.29, 1.82) is 0 Å². The number of hydrogen-bond acceptors (Lipinski definition) is 2. The normalized spacial score (nSPS) is 10.3. The van der Waals surface area contributed by atoms with Gasteiger partial charge < -0.3 is 9.47 Å². The number of benzene rings is 2. The van der Waals surface area contributed by atoms with Crippen molar-refractivity contribution >= 4 is 11.6 Å². The third-order valence-electron chi connectivity index (χ3n) is 2.75. The third-order valence-corrected chi connectivity index (χ3v) is 3.02. The second-order valence-electron chi connectivity index (χ2n) is 4.11. The summed E-state index contributed by atoms with van der Waals surface area (Å²) >= 11 is 5.75. The van der Waals surface area contributed by atoms with Crippen LogP contribution in [0.15, 0.2) is 36.4 Å². The number of alkyl halides is 1. The number of halogens is 2. The lowest BCUT2D eigenvalue weighted by molar-refractivity contribution is 0.376. The van der Waals surface area contributed by atoms with Crippen molar-refractivity contribution in [1.82, 2.24) is 0 Å². The van der Waals surface area contributed by atoms with Crippen LogP contribution in [-0.4, -0.2) is 7.11 Å². The third kappa shape index (κ3) is 2.99. The Morgan fingerprint density at radius 2 is 1.89 bits per heavy atom. The Balaban J connectivity index is 2.39. The Morgan fingerprint density at radius 1 is 1.11 bits per heavy atom. The smallest absolute Gasteiger partial charge is 0.169 e. The van der Waals surface area contributed by atoms with E-state index in [9.17, 15) is 4.39 Å². The van der Waals surface area contributed by atoms with Crippen molar-refractivity contribution in [2.75, 3.05) is 7.11 Å². The summed E-state index contributed by atoms with van der Waals surface area (Å²) in [5.41, 5.74) is 1.40. The summed E-state index contributed by atoms with van der Waals surface area (Å²) in [5.74, 6) is 1.21. The van der Waals surface area contributed by atoms with Gasteiger partial charge in [-0.3, -0.25) is 0 Å². The highest BCUT2D eigenvalue weighted by Gasteiger charge is 2.12. The molecule has 0 unspecified atom stereocenters. The summed E-state index contributed by atoms with van der Waals surface area (Å²) < 4.78 is 24.6. The minimum atomic E-state index is -0.376. The molecule has 2 aromatic rings. The van der Waals surface area contributed by atoms with E-state index in [4.69, 9.17) is 21.1 Å². The predicted molar refractivity (Wildman–Crippen MR) is 73.8 cm³/mol. The van der Waals surface area contributed by atoms with Crippen LogP contribution in [0.25, 0.3) is 0 Å². The van der Waals surface area contributed by atoms with Gasteiger partial charge in [-0.25, -0.2) is 4.39 Å². The van der Waals surface area contributed by atoms with E-state index in [0.717, 1.165) is 5.56 Å². The van der Waals surface area contributed by atoms with Gasteiger partial charge in [-0.1, -0.05) is 12.1 Å². The molecule has 0 bridgehead atoms. The topological polar surface area (TPSA) is 18.5 Å². The Kier molecular flexibility index (Phi) is 4.27. The molecule has 2 nitrogen and oxygen atoms in total. The highest BCUT2D eigenvalue weighted by molar-refractivity contribution is 6.17. The fourth-order valence-corrected chi connectivity index (χ4v) is 2.00. The van der Waals surface area contributed by atoms with Crippen molar-refractivity contribution in [2.45, 2.75) is 12.8 Å². The lowest BCUT2D eigenvalue weighted by Crippen LogP contribution is -1.95. The second kappa shape index (κ2) is 5.93. The summed E-state index contributed by atoms with van der Waals surface area (Å²) in [6, 6.07) is 10.2. The highest BCUT2D eigenvalue weighted by atomic mass is 35.5. The zero-order valence-electron chi connectivity index (χ0n) is 10.7. The molecule has 0 saturated carbocycles. The first-order chi connectivity index (χ1) is 9.15. The van der Waals surface area contributed by atoms with Crippen LogP contribution in [0, 0.1) is 12.7 Å². The van der Waals surface area contributed by atoms with Crippen molar-refractivity contribution in [3.05, 3.63) is 53.3 Å². The fraction of sp³-hybridized carbons (Fsp3) is 0.200. The Morgan fingerprint density at radius 3 is 2.58 bits per heavy atom.